The van der Waals surface area contributed by atoms with Crippen LogP contribution in [0.15, 0.2) is 83.8 Å². The molecule has 0 saturated carbocycles. The smallest absolute Gasteiger partial charge is 0.240 e. The van der Waals surface area contributed by atoms with Crippen molar-refractivity contribution in [1.29, 1.82) is 0 Å². The van der Waals surface area contributed by atoms with Crippen molar-refractivity contribution < 1.29 is 17.5 Å². The van der Waals surface area contributed by atoms with Crippen LogP contribution in [0, 0.1) is 12.7 Å². The molecule has 6 heteroatoms. The molecule has 0 amide bonds. The van der Waals surface area contributed by atoms with Gasteiger partial charge in [0.05, 0.1) is 4.90 Å². The third-order valence-corrected chi connectivity index (χ3v) is 5.78. The van der Waals surface area contributed by atoms with Gasteiger partial charge in [0, 0.05) is 13.0 Å². The Bertz CT molecular complexity index is 1010. The summed E-state index contributed by atoms with van der Waals surface area (Å²) in [6, 6.07) is 22.2. The maximum atomic E-state index is 14.0. The first-order valence-corrected chi connectivity index (χ1v) is 10.5. The van der Waals surface area contributed by atoms with Crippen LogP contribution < -0.4 is 9.46 Å². The molecule has 0 aliphatic rings. The van der Waals surface area contributed by atoms with Gasteiger partial charge in [-0.25, -0.2) is 17.5 Å². The predicted molar refractivity (Wildman–Crippen MR) is 107 cm³/mol. The van der Waals surface area contributed by atoms with Gasteiger partial charge < -0.3 is 4.74 Å². The minimum absolute atomic E-state index is 0.137. The number of halogens is 1. The summed E-state index contributed by atoms with van der Waals surface area (Å²) in [5, 5.41) is 0. The van der Waals surface area contributed by atoms with Gasteiger partial charge in [-0.2, -0.15) is 0 Å². The number of hydrogen-bond donors (Lipinski definition) is 1. The topological polar surface area (TPSA) is 55.4 Å². The second kappa shape index (κ2) is 8.99. The van der Waals surface area contributed by atoms with E-state index in [0.717, 1.165) is 11.1 Å². The average Bonchev–Trinajstić information content (AvgIpc) is 2.69. The van der Waals surface area contributed by atoms with Crippen molar-refractivity contribution in [2.45, 2.75) is 24.3 Å². The van der Waals surface area contributed by atoms with Crippen LogP contribution in [-0.4, -0.2) is 15.0 Å². The van der Waals surface area contributed by atoms with E-state index in [4.69, 9.17) is 4.74 Å². The molecule has 1 unspecified atom stereocenters. The van der Waals surface area contributed by atoms with Crippen LogP contribution in [0.2, 0.25) is 0 Å². The van der Waals surface area contributed by atoms with Gasteiger partial charge in [-0.3, -0.25) is 0 Å². The van der Waals surface area contributed by atoms with Crippen molar-refractivity contribution in [1.82, 2.24) is 4.72 Å². The molecule has 3 aromatic carbocycles. The maximum Gasteiger partial charge on any atom is 0.240 e. The Labute approximate surface area is 165 Å². The van der Waals surface area contributed by atoms with Crippen LogP contribution in [0.3, 0.4) is 0 Å². The zero-order valence-electron chi connectivity index (χ0n) is 15.5. The van der Waals surface area contributed by atoms with E-state index in [-0.39, 0.29) is 17.2 Å². The van der Waals surface area contributed by atoms with Crippen LogP contribution >= 0.6 is 0 Å². The first kappa shape index (κ1) is 20.0. The Balaban J connectivity index is 1.71. The van der Waals surface area contributed by atoms with Crippen molar-refractivity contribution in [3.63, 3.8) is 0 Å². The second-order valence-corrected chi connectivity index (χ2v) is 8.21. The fourth-order valence-corrected chi connectivity index (χ4v) is 3.83. The molecular formula is C22H22FNO3S. The number of para-hydroxylation sites is 1. The van der Waals surface area contributed by atoms with Crippen LogP contribution in [-0.2, 0) is 10.0 Å². The summed E-state index contributed by atoms with van der Waals surface area (Å²) >= 11 is 0. The number of aryl methyl sites for hydroxylation is 1. The molecule has 0 aromatic heterocycles. The normalized spacial score (nSPS) is 12.5. The summed E-state index contributed by atoms with van der Waals surface area (Å²) in [5.41, 5.74) is 1.83. The van der Waals surface area contributed by atoms with E-state index in [1.54, 1.807) is 42.5 Å². The molecule has 3 aromatic rings. The molecule has 0 spiro atoms. The van der Waals surface area contributed by atoms with Gasteiger partial charge in [0.15, 0.2) is 11.6 Å². The molecule has 1 atom stereocenters. The molecule has 0 fully saturated rings. The summed E-state index contributed by atoms with van der Waals surface area (Å²) in [7, 11) is -3.62. The quantitative estimate of drug-likeness (QED) is 0.601. The summed E-state index contributed by atoms with van der Waals surface area (Å²) < 4.78 is 47.4. The highest BCUT2D eigenvalue weighted by atomic mass is 32.2. The molecule has 146 valence electrons. The molecule has 0 bridgehead atoms. The lowest BCUT2D eigenvalue weighted by Crippen LogP contribution is -2.27. The van der Waals surface area contributed by atoms with Gasteiger partial charge in [-0.15, -0.1) is 0 Å². The lowest BCUT2D eigenvalue weighted by molar-refractivity contribution is 0.187. The highest BCUT2D eigenvalue weighted by molar-refractivity contribution is 7.89. The van der Waals surface area contributed by atoms with Crippen LogP contribution in [0.4, 0.5) is 4.39 Å². The molecule has 0 radical (unpaired) electrons. The highest BCUT2D eigenvalue weighted by Crippen LogP contribution is 2.26. The van der Waals surface area contributed by atoms with Crippen molar-refractivity contribution in [2.24, 2.45) is 0 Å². The van der Waals surface area contributed by atoms with E-state index in [1.807, 2.05) is 37.3 Å². The number of nitrogens with one attached hydrogen (secondary N) is 1. The van der Waals surface area contributed by atoms with Gasteiger partial charge >= 0.3 is 0 Å². The lowest BCUT2D eigenvalue weighted by Gasteiger charge is -2.20. The van der Waals surface area contributed by atoms with E-state index in [9.17, 15) is 12.8 Å². The lowest BCUT2D eigenvalue weighted by atomic mass is 10.1. The molecule has 4 nitrogen and oxygen atoms in total. The zero-order chi connectivity index (χ0) is 20.0. The van der Waals surface area contributed by atoms with Crippen molar-refractivity contribution in [3.05, 3.63) is 95.8 Å². The first-order valence-electron chi connectivity index (χ1n) is 8.98. The molecule has 0 aliphatic heterocycles. The Morgan fingerprint density at radius 2 is 1.57 bits per heavy atom. The zero-order valence-corrected chi connectivity index (χ0v) is 16.3. The molecule has 3 rings (SSSR count). The molecule has 0 saturated heterocycles. The Kier molecular flexibility index (Phi) is 6.44. The average molecular weight is 399 g/mol. The van der Waals surface area contributed by atoms with E-state index >= 15 is 0 Å². The maximum absolute atomic E-state index is 14.0. The molecular weight excluding hydrogens is 377 g/mol. The number of rotatable bonds is 8. The molecule has 1 N–H and O–H groups in total. The minimum atomic E-state index is -3.62. The third-order valence-electron chi connectivity index (χ3n) is 4.31. The summed E-state index contributed by atoms with van der Waals surface area (Å²) in [4.78, 5) is 0.212. The van der Waals surface area contributed by atoms with Gasteiger partial charge in [0.1, 0.15) is 6.10 Å². The highest BCUT2D eigenvalue weighted by Gasteiger charge is 2.18. The number of benzene rings is 3. The summed E-state index contributed by atoms with van der Waals surface area (Å²) in [6.45, 7) is 2.05. The van der Waals surface area contributed by atoms with Crippen LogP contribution in [0.5, 0.6) is 5.75 Å². The number of ether oxygens (including phenoxy) is 1. The van der Waals surface area contributed by atoms with Crippen molar-refractivity contribution in [3.8, 4) is 5.75 Å². The van der Waals surface area contributed by atoms with Crippen LogP contribution in [0.1, 0.15) is 23.7 Å². The minimum Gasteiger partial charge on any atom is -0.483 e. The van der Waals surface area contributed by atoms with Crippen LogP contribution in [0.25, 0.3) is 0 Å². The summed E-state index contributed by atoms with van der Waals surface area (Å²) in [6.07, 6.45) is -0.137. The van der Waals surface area contributed by atoms with E-state index in [0.29, 0.717) is 6.42 Å². The first-order chi connectivity index (χ1) is 13.5. The van der Waals surface area contributed by atoms with E-state index in [2.05, 4.69) is 4.72 Å². The van der Waals surface area contributed by atoms with E-state index < -0.39 is 21.9 Å². The number of hydrogen-bond acceptors (Lipinski definition) is 3. The van der Waals surface area contributed by atoms with Gasteiger partial charge in [0.2, 0.25) is 10.0 Å². The van der Waals surface area contributed by atoms with Gasteiger partial charge in [-0.1, -0.05) is 60.2 Å². The molecule has 0 heterocycles. The monoisotopic (exact) mass is 399 g/mol. The fourth-order valence-electron chi connectivity index (χ4n) is 2.78. The third kappa shape index (κ3) is 5.18. The van der Waals surface area contributed by atoms with Gasteiger partial charge in [0.25, 0.3) is 0 Å². The largest absolute Gasteiger partial charge is 0.483 e. The standard InChI is InChI=1S/C22H22FNO3S/c1-17-11-13-19(14-12-17)28(25,26)24-16-15-21(18-7-3-2-4-8-18)27-22-10-6-5-9-20(22)23/h2-14,21,24H,15-16H2,1H3. The fraction of sp³-hybridized carbons (Fsp3) is 0.182. The van der Waals surface area contributed by atoms with Crippen molar-refractivity contribution in [2.75, 3.05) is 6.54 Å². The Morgan fingerprint density at radius 3 is 2.25 bits per heavy atom. The predicted octanol–water partition coefficient (Wildman–Crippen LogP) is 4.62. The van der Waals surface area contributed by atoms with E-state index in [1.165, 1.54) is 6.07 Å². The SMILES string of the molecule is Cc1ccc(S(=O)(=O)NCCC(Oc2ccccc2F)c2ccccc2)cc1. The molecule has 0 aliphatic carbocycles. The van der Waals surface area contributed by atoms with Crippen molar-refractivity contribution >= 4 is 10.0 Å². The Morgan fingerprint density at radius 1 is 0.929 bits per heavy atom. The molecule has 28 heavy (non-hydrogen) atoms. The second-order valence-electron chi connectivity index (χ2n) is 6.45. The summed E-state index contributed by atoms with van der Waals surface area (Å²) in [5.74, 6) is -0.318. The number of sulfonamides is 1. The van der Waals surface area contributed by atoms with Gasteiger partial charge in [-0.05, 0) is 36.8 Å². The Hall–Kier alpha value is -2.70.